The first kappa shape index (κ1) is 29.4. The average Bonchev–Trinajstić information content (AvgIpc) is 3.01. The molecule has 2 amide bonds. The molecule has 0 aliphatic heterocycles. The molecule has 0 saturated carbocycles. The Morgan fingerprint density at radius 2 is 1.46 bits per heavy atom. The standard InChI is InChI=1S/C34H32N2O4S/c1-23(2)25-11-9-24(10-12-25)21-31(36-33(38)27-7-5-4-6-8-27)34(39)35-28-15-19-30(20-16-28)41-22-32(37)26-13-17-29(40-3)18-14-26/h4-21,23H,22H2,1-3H3,(H,35,39)(H,36,38)/b31-21-. The predicted octanol–water partition coefficient (Wildman–Crippen LogP) is 7.20. The minimum absolute atomic E-state index is 0.0143. The highest BCUT2D eigenvalue weighted by Gasteiger charge is 2.15. The van der Waals surface area contributed by atoms with Crippen molar-refractivity contribution in [2.45, 2.75) is 24.7 Å². The van der Waals surface area contributed by atoms with Crippen LogP contribution >= 0.6 is 11.8 Å². The van der Waals surface area contributed by atoms with Gasteiger partial charge < -0.3 is 15.4 Å². The number of methoxy groups -OCH3 is 1. The summed E-state index contributed by atoms with van der Waals surface area (Å²) in [4.78, 5) is 39.6. The number of hydrogen-bond donors (Lipinski definition) is 2. The first-order chi connectivity index (χ1) is 19.8. The number of thioether (sulfide) groups is 1. The SMILES string of the molecule is COc1ccc(C(=O)CSc2ccc(NC(=O)/C(=C/c3ccc(C(C)C)cc3)NC(=O)c3ccccc3)cc2)cc1. The summed E-state index contributed by atoms with van der Waals surface area (Å²) in [7, 11) is 1.59. The number of rotatable bonds is 11. The largest absolute Gasteiger partial charge is 0.497 e. The second kappa shape index (κ2) is 14.1. The number of hydrogen-bond acceptors (Lipinski definition) is 5. The van der Waals surface area contributed by atoms with Gasteiger partial charge in [-0.15, -0.1) is 11.8 Å². The molecule has 0 aromatic heterocycles. The zero-order valence-corrected chi connectivity index (χ0v) is 24.0. The van der Waals surface area contributed by atoms with Gasteiger partial charge >= 0.3 is 0 Å². The lowest BCUT2D eigenvalue weighted by Gasteiger charge is -2.12. The third-order valence-electron chi connectivity index (χ3n) is 6.34. The number of anilines is 1. The van der Waals surface area contributed by atoms with Crippen LogP contribution in [-0.2, 0) is 4.79 Å². The van der Waals surface area contributed by atoms with E-state index in [0.29, 0.717) is 28.5 Å². The van der Waals surface area contributed by atoms with Crippen LogP contribution in [0, 0.1) is 0 Å². The van der Waals surface area contributed by atoms with E-state index in [1.807, 2.05) is 42.5 Å². The van der Waals surface area contributed by atoms with Crippen LogP contribution in [0.5, 0.6) is 5.75 Å². The van der Waals surface area contributed by atoms with Crippen LogP contribution in [0.25, 0.3) is 6.08 Å². The predicted molar refractivity (Wildman–Crippen MR) is 166 cm³/mol. The van der Waals surface area contributed by atoms with Crippen molar-refractivity contribution in [2.24, 2.45) is 0 Å². The van der Waals surface area contributed by atoms with Crippen molar-refractivity contribution < 1.29 is 19.1 Å². The highest BCUT2D eigenvalue weighted by Crippen LogP contribution is 2.23. The second-order valence-electron chi connectivity index (χ2n) is 9.62. The lowest BCUT2D eigenvalue weighted by atomic mass is 10.0. The number of benzene rings is 4. The summed E-state index contributed by atoms with van der Waals surface area (Å²) >= 11 is 1.42. The quantitative estimate of drug-likeness (QED) is 0.114. The monoisotopic (exact) mass is 564 g/mol. The van der Waals surface area contributed by atoms with Gasteiger partial charge in [0.1, 0.15) is 11.4 Å². The molecule has 7 heteroatoms. The molecule has 2 N–H and O–H groups in total. The van der Waals surface area contributed by atoms with E-state index < -0.39 is 5.91 Å². The molecule has 4 rings (SSSR count). The Kier molecular flexibility index (Phi) is 10.1. The van der Waals surface area contributed by atoms with Crippen LogP contribution in [0.2, 0.25) is 0 Å². The van der Waals surface area contributed by atoms with E-state index in [9.17, 15) is 14.4 Å². The molecule has 0 bridgehead atoms. The minimum Gasteiger partial charge on any atom is -0.497 e. The Morgan fingerprint density at radius 1 is 0.805 bits per heavy atom. The van der Waals surface area contributed by atoms with Gasteiger partial charge in [0.25, 0.3) is 11.8 Å². The number of amides is 2. The molecule has 0 atom stereocenters. The van der Waals surface area contributed by atoms with E-state index >= 15 is 0 Å². The molecule has 0 unspecified atom stereocenters. The first-order valence-electron chi connectivity index (χ1n) is 13.2. The maximum atomic E-state index is 13.3. The smallest absolute Gasteiger partial charge is 0.272 e. The molecule has 208 valence electrons. The molecular weight excluding hydrogens is 532 g/mol. The maximum Gasteiger partial charge on any atom is 0.272 e. The van der Waals surface area contributed by atoms with E-state index in [-0.39, 0.29) is 23.1 Å². The molecule has 0 saturated heterocycles. The van der Waals surface area contributed by atoms with Gasteiger partial charge in [-0.3, -0.25) is 14.4 Å². The van der Waals surface area contributed by atoms with Gasteiger partial charge in [-0.25, -0.2) is 0 Å². The zero-order valence-electron chi connectivity index (χ0n) is 23.2. The van der Waals surface area contributed by atoms with Gasteiger partial charge in [-0.1, -0.05) is 56.3 Å². The Hall–Kier alpha value is -4.62. The number of carbonyl (C=O) groups excluding carboxylic acids is 3. The lowest BCUT2D eigenvalue weighted by Crippen LogP contribution is -2.30. The molecule has 6 nitrogen and oxygen atoms in total. The normalized spacial score (nSPS) is 11.2. The molecule has 4 aromatic carbocycles. The fraction of sp³-hybridized carbons (Fsp3) is 0.147. The Balaban J connectivity index is 1.44. The molecule has 0 aliphatic rings. The summed E-state index contributed by atoms with van der Waals surface area (Å²) in [6.45, 7) is 4.23. The van der Waals surface area contributed by atoms with E-state index in [1.165, 1.54) is 17.3 Å². The fourth-order valence-electron chi connectivity index (χ4n) is 3.93. The molecule has 0 radical (unpaired) electrons. The van der Waals surface area contributed by atoms with Gasteiger partial charge in [-0.05, 0) is 83.8 Å². The fourth-order valence-corrected chi connectivity index (χ4v) is 4.72. The zero-order chi connectivity index (χ0) is 29.2. The van der Waals surface area contributed by atoms with E-state index in [4.69, 9.17) is 4.74 Å². The van der Waals surface area contributed by atoms with Crippen molar-refractivity contribution >= 4 is 41.1 Å². The topological polar surface area (TPSA) is 84.5 Å². The average molecular weight is 565 g/mol. The van der Waals surface area contributed by atoms with E-state index in [0.717, 1.165) is 10.5 Å². The number of Topliss-reactive ketones (excluding diaryl/α,β-unsaturated/α-hetero) is 1. The summed E-state index contributed by atoms with van der Waals surface area (Å²) in [6.07, 6.45) is 1.66. The second-order valence-corrected chi connectivity index (χ2v) is 10.7. The van der Waals surface area contributed by atoms with Crippen LogP contribution in [0.15, 0.2) is 114 Å². The number of ketones is 1. The molecular formula is C34H32N2O4S. The van der Waals surface area contributed by atoms with Crippen molar-refractivity contribution in [3.63, 3.8) is 0 Å². The molecule has 0 fully saturated rings. The number of carbonyl (C=O) groups is 3. The summed E-state index contributed by atoms with van der Waals surface area (Å²) < 4.78 is 5.14. The van der Waals surface area contributed by atoms with Crippen LogP contribution in [0.3, 0.4) is 0 Å². The highest BCUT2D eigenvalue weighted by molar-refractivity contribution is 8.00. The van der Waals surface area contributed by atoms with Gasteiger partial charge in [0.15, 0.2) is 5.78 Å². The summed E-state index contributed by atoms with van der Waals surface area (Å²) in [5, 5.41) is 5.63. The summed E-state index contributed by atoms with van der Waals surface area (Å²) in [5.74, 6) is 0.562. The molecule has 4 aromatic rings. The van der Waals surface area contributed by atoms with Crippen molar-refractivity contribution in [3.05, 3.63) is 131 Å². The van der Waals surface area contributed by atoms with Crippen molar-refractivity contribution in [1.82, 2.24) is 5.32 Å². The number of ether oxygens (including phenoxy) is 1. The molecule has 0 aliphatic carbocycles. The van der Waals surface area contributed by atoms with Crippen LogP contribution in [0.4, 0.5) is 5.69 Å². The van der Waals surface area contributed by atoms with Crippen molar-refractivity contribution in [2.75, 3.05) is 18.2 Å². The molecule has 0 heterocycles. The Labute approximate surface area is 244 Å². The highest BCUT2D eigenvalue weighted by atomic mass is 32.2. The summed E-state index contributed by atoms with van der Waals surface area (Å²) in [5.41, 5.74) is 3.74. The minimum atomic E-state index is -0.447. The van der Waals surface area contributed by atoms with Crippen LogP contribution < -0.4 is 15.4 Å². The molecule has 0 spiro atoms. The van der Waals surface area contributed by atoms with Gasteiger partial charge in [-0.2, -0.15) is 0 Å². The Bertz CT molecular complexity index is 1510. The van der Waals surface area contributed by atoms with Gasteiger partial charge in [0.2, 0.25) is 0 Å². The van der Waals surface area contributed by atoms with Gasteiger partial charge in [0.05, 0.1) is 12.9 Å². The maximum absolute atomic E-state index is 13.3. The third kappa shape index (κ3) is 8.43. The molecule has 41 heavy (non-hydrogen) atoms. The van der Waals surface area contributed by atoms with Gasteiger partial charge in [0, 0.05) is 21.7 Å². The van der Waals surface area contributed by atoms with Crippen LogP contribution in [0.1, 0.15) is 51.6 Å². The van der Waals surface area contributed by atoms with Crippen LogP contribution in [-0.4, -0.2) is 30.5 Å². The van der Waals surface area contributed by atoms with Crippen molar-refractivity contribution in [3.8, 4) is 5.75 Å². The van der Waals surface area contributed by atoms with E-state index in [2.05, 4.69) is 24.5 Å². The third-order valence-corrected chi connectivity index (χ3v) is 7.35. The van der Waals surface area contributed by atoms with E-state index in [1.54, 1.807) is 73.8 Å². The first-order valence-corrected chi connectivity index (χ1v) is 14.2. The number of nitrogens with one attached hydrogen (secondary N) is 2. The summed E-state index contributed by atoms with van der Waals surface area (Å²) in [6, 6.07) is 30.9. The Morgan fingerprint density at radius 3 is 2.07 bits per heavy atom. The van der Waals surface area contributed by atoms with Crippen molar-refractivity contribution in [1.29, 1.82) is 0 Å². The lowest BCUT2D eigenvalue weighted by molar-refractivity contribution is -0.113.